The summed E-state index contributed by atoms with van der Waals surface area (Å²) >= 11 is 5.64. The van der Waals surface area contributed by atoms with Crippen molar-refractivity contribution in [3.8, 4) is 11.5 Å². The monoisotopic (exact) mass is 418 g/mol. The Balaban J connectivity index is 2.54. The summed E-state index contributed by atoms with van der Waals surface area (Å²) in [7, 11) is 1.86. The number of rotatable bonds is 3. The zero-order chi connectivity index (χ0) is 13.1. The second-order valence-corrected chi connectivity index (χ2v) is 5.62. The van der Waals surface area contributed by atoms with Crippen molar-refractivity contribution in [2.45, 2.75) is 13.3 Å². The molecule has 0 aliphatic carbocycles. The maximum atomic E-state index is 4.56. The van der Waals surface area contributed by atoms with Crippen molar-refractivity contribution < 1.29 is 0 Å². The average Bonchev–Trinajstić information content (AvgIpc) is 2.40. The van der Waals surface area contributed by atoms with Gasteiger partial charge in [0.1, 0.15) is 11.5 Å². The number of hydrogen-bond acceptors (Lipinski definition) is 4. The van der Waals surface area contributed by atoms with Crippen molar-refractivity contribution in [2.75, 3.05) is 12.4 Å². The fourth-order valence-electron chi connectivity index (χ4n) is 1.52. The molecule has 0 unspecified atom stereocenters. The van der Waals surface area contributed by atoms with Crippen LogP contribution >= 0.6 is 38.5 Å². The maximum absolute atomic E-state index is 4.56. The van der Waals surface area contributed by atoms with Crippen LogP contribution in [0.15, 0.2) is 22.8 Å². The summed E-state index contributed by atoms with van der Waals surface area (Å²) in [5.74, 6) is 1.51. The van der Waals surface area contributed by atoms with Gasteiger partial charge in [-0.15, -0.1) is 0 Å². The van der Waals surface area contributed by atoms with Crippen molar-refractivity contribution in [3.05, 3.63) is 32.1 Å². The number of aromatic nitrogens is 3. The van der Waals surface area contributed by atoms with E-state index in [9.17, 15) is 0 Å². The van der Waals surface area contributed by atoms with Crippen LogP contribution in [0, 0.1) is 3.57 Å². The van der Waals surface area contributed by atoms with Gasteiger partial charge in [0.2, 0.25) is 0 Å². The van der Waals surface area contributed by atoms with Gasteiger partial charge in [-0.25, -0.2) is 9.97 Å². The maximum Gasteiger partial charge on any atom is 0.180 e. The van der Waals surface area contributed by atoms with Gasteiger partial charge in [-0.2, -0.15) is 0 Å². The smallest absolute Gasteiger partial charge is 0.180 e. The lowest BCUT2D eigenvalue weighted by atomic mass is 10.3. The SMILES string of the molecule is CCc1nc(-c2ccc(Br)cn2)nc(NC)c1I. The first kappa shape index (κ1) is 13.7. The topological polar surface area (TPSA) is 50.7 Å². The van der Waals surface area contributed by atoms with E-state index in [4.69, 9.17) is 0 Å². The molecule has 2 heterocycles. The number of nitrogens with one attached hydrogen (secondary N) is 1. The number of halogens is 2. The van der Waals surface area contributed by atoms with Gasteiger partial charge in [-0.3, -0.25) is 4.98 Å². The van der Waals surface area contributed by atoms with Gasteiger partial charge in [0.15, 0.2) is 5.82 Å². The van der Waals surface area contributed by atoms with Gasteiger partial charge in [0.05, 0.1) is 9.26 Å². The molecule has 2 aromatic rings. The molecule has 0 aliphatic rings. The minimum absolute atomic E-state index is 0.657. The highest BCUT2D eigenvalue weighted by Crippen LogP contribution is 2.23. The van der Waals surface area contributed by atoms with Gasteiger partial charge in [-0.05, 0) is 57.1 Å². The lowest BCUT2D eigenvalue weighted by molar-refractivity contribution is 0.983. The normalized spacial score (nSPS) is 10.4. The first-order valence-corrected chi connectivity index (χ1v) is 7.39. The van der Waals surface area contributed by atoms with Crippen LogP contribution in [0.3, 0.4) is 0 Å². The highest BCUT2D eigenvalue weighted by atomic mass is 127. The van der Waals surface area contributed by atoms with E-state index < -0.39 is 0 Å². The summed E-state index contributed by atoms with van der Waals surface area (Å²) < 4.78 is 2.01. The van der Waals surface area contributed by atoms with E-state index >= 15 is 0 Å². The van der Waals surface area contributed by atoms with Crippen molar-refractivity contribution >= 4 is 44.3 Å². The molecule has 0 aromatic carbocycles. The zero-order valence-electron chi connectivity index (χ0n) is 10.0. The van der Waals surface area contributed by atoms with Crippen molar-refractivity contribution in [3.63, 3.8) is 0 Å². The van der Waals surface area contributed by atoms with E-state index in [0.29, 0.717) is 5.82 Å². The first-order chi connectivity index (χ1) is 8.65. The number of aryl methyl sites for hydroxylation is 1. The number of pyridine rings is 1. The molecule has 2 rings (SSSR count). The molecule has 2 aromatic heterocycles. The summed E-state index contributed by atoms with van der Waals surface area (Å²) in [4.78, 5) is 13.4. The lowest BCUT2D eigenvalue weighted by Crippen LogP contribution is -2.05. The summed E-state index contributed by atoms with van der Waals surface area (Å²) in [5, 5.41) is 3.10. The molecule has 1 N–H and O–H groups in total. The molecule has 0 spiro atoms. The third-order valence-corrected chi connectivity index (χ3v) is 4.05. The van der Waals surface area contributed by atoms with Crippen molar-refractivity contribution in [1.29, 1.82) is 0 Å². The summed E-state index contributed by atoms with van der Waals surface area (Å²) in [6.45, 7) is 2.09. The Bertz CT molecular complexity index is 531. The molecule has 4 nitrogen and oxygen atoms in total. The summed E-state index contributed by atoms with van der Waals surface area (Å²) in [6, 6.07) is 3.85. The second kappa shape index (κ2) is 5.92. The molecule has 0 fully saturated rings. The average molecular weight is 419 g/mol. The molecule has 6 heteroatoms. The third kappa shape index (κ3) is 2.80. The number of hydrogen-bond donors (Lipinski definition) is 1. The van der Waals surface area contributed by atoms with E-state index in [1.807, 2.05) is 19.2 Å². The Morgan fingerprint density at radius 1 is 1.33 bits per heavy atom. The minimum Gasteiger partial charge on any atom is -0.372 e. The van der Waals surface area contributed by atoms with Gasteiger partial charge < -0.3 is 5.32 Å². The number of anilines is 1. The summed E-state index contributed by atoms with van der Waals surface area (Å²) in [6.07, 6.45) is 2.63. The molecule has 0 saturated heterocycles. The molecule has 18 heavy (non-hydrogen) atoms. The highest BCUT2D eigenvalue weighted by Gasteiger charge is 2.12. The largest absolute Gasteiger partial charge is 0.372 e. The van der Waals surface area contributed by atoms with Crippen molar-refractivity contribution in [1.82, 2.24) is 15.0 Å². The molecule has 0 atom stereocenters. The van der Waals surface area contributed by atoms with Crippen molar-refractivity contribution in [2.24, 2.45) is 0 Å². The Morgan fingerprint density at radius 2 is 2.11 bits per heavy atom. The fraction of sp³-hybridized carbons (Fsp3) is 0.250. The van der Waals surface area contributed by atoms with Crippen LogP contribution in [0.25, 0.3) is 11.5 Å². The van der Waals surface area contributed by atoms with Gasteiger partial charge >= 0.3 is 0 Å². The van der Waals surface area contributed by atoms with E-state index in [2.05, 4.69) is 65.7 Å². The molecule has 0 aliphatic heterocycles. The van der Waals surface area contributed by atoms with Gasteiger partial charge in [-0.1, -0.05) is 6.92 Å². The second-order valence-electron chi connectivity index (χ2n) is 3.62. The summed E-state index contributed by atoms with van der Waals surface area (Å²) in [5.41, 5.74) is 1.82. The first-order valence-electron chi connectivity index (χ1n) is 5.51. The molecular formula is C12H12BrIN4. The van der Waals surface area contributed by atoms with E-state index in [-0.39, 0.29) is 0 Å². The predicted octanol–water partition coefficient (Wildman–Crippen LogP) is 3.51. The fourth-order valence-corrected chi connectivity index (χ4v) is 2.64. The zero-order valence-corrected chi connectivity index (χ0v) is 13.8. The quantitative estimate of drug-likeness (QED) is 0.775. The van der Waals surface area contributed by atoms with Crippen LogP contribution in [0.4, 0.5) is 5.82 Å². The predicted molar refractivity (Wildman–Crippen MR) is 84.6 cm³/mol. The Hall–Kier alpha value is -0.760. The lowest BCUT2D eigenvalue weighted by Gasteiger charge is -2.09. The molecule has 0 saturated carbocycles. The van der Waals surface area contributed by atoms with Gasteiger partial charge in [0, 0.05) is 17.7 Å². The van der Waals surface area contributed by atoms with E-state index in [1.165, 1.54) is 0 Å². The van der Waals surface area contributed by atoms with Crippen LogP contribution in [0.2, 0.25) is 0 Å². The van der Waals surface area contributed by atoms with Crippen LogP contribution in [0.5, 0.6) is 0 Å². The van der Waals surface area contributed by atoms with E-state index in [0.717, 1.165) is 31.7 Å². The van der Waals surface area contributed by atoms with Gasteiger partial charge in [0.25, 0.3) is 0 Å². The van der Waals surface area contributed by atoms with Crippen LogP contribution in [-0.2, 0) is 6.42 Å². The molecule has 94 valence electrons. The van der Waals surface area contributed by atoms with Crippen LogP contribution in [-0.4, -0.2) is 22.0 Å². The Kier molecular flexibility index (Phi) is 4.50. The molecule has 0 bridgehead atoms. The van der Waals surface area contributed by atoms with E-state index in [1.54, 1.807) is 6.20 Å². The highest BCUT2D eigenvalue weighted by molar-refractivity contribution is 14.1. The molecule has 0 radical (unpaired) electrons. The van der Waals surface area contributed by atoms with Crippen LogP contribution in [0.1, 0.15) is 12.6 Å². The standard InChI is InChI=1S/C12H12BrIN4/c1-3-8-10(14)12(15-2)18-11(17-8)9-5-4-7(13)6-16-9/h4-6H,3H2,1-2H3,(H,15,17,18). The number of nitrogens with zero attached hydrogens (tertiary/aromatic N) is 3. The molecular weight excluding hydrogens is 407 g/mol. The Morgan fingerprint density at radius 3 is 2.67 bits per heavy atom. The molecule has 0 amide bonds. The third-order valence-electron chi connectivity index (χ3n) is 2.45. The minimum atomic E-state index is 0.657. The Labute approximate surface area is 128 Å². The van der Waals surface area contributed by atoms with Crippen LogP contribution < -0.4 is 5.32 Å².